The van der Waals surface area contributed by atoms with Gasteiger partial charge in [0.05, 0.1) is 0 Å². The highest BCUT2D eigenvalue weighted by Crippen LogP contribution is 2.02. The van der Waals surface area contributed by atoms with Gasteiger partial charge in [0.1, 0.15) is 0 Å². The lowest BCUT2D eigenvalue weighted by molar-refractivity contribution is 0.501. The molecule has 1 aromatic rings. The van der Waals surface area contributed by atoms with Gasteiger partial charge in [0.15, 0.2) is 0 Å². The van der Waals surface area contributed by atoms with E-state index in [2.05, 4.69) is 28.1 Å². The highest BCUT2D eigenvalue weighted by atomic mass is 79.9. The van der Waals surface area contributed by atoms with E-state index in [1.807, 2.05) is 18.2 Å². The third-order valence-electron chi connectivity index (χ3n) is 0.997. The molecular formula is C7H7BrF2O2S. The maximum absolute atomic E-state index is 9.99. The van der Waals surface area contributed by atoms with Gasteiger partial charge >= 0.3 is 10.6 Å². The fraction of sp³-hybridized carbons (Fsp3) is 0.143. The third-order valence-corrected chi connectivity index (χ3v) is 1.64. The Kier molecular flexibility index (Phi) is 5.81. The van der Waals surface area contributed by atoms with E-state index in [-0.39, 0.29) is 0 Å². The number of rotatable bonds is 1. The summed E-state index contributed by atoms with van der Waals surface area (Å²) in [6.45, 7) is 0. The van der Waals surface area contributed by atoms with Crippen molar-refractivity contribution in [1.82, 2.24) is 0 Å². The van der Waals surface area contributed by atoms with Crippen molar-refractivity contribution in [2.75, 3.05) is 0 Å². The molecule has 6 heteroatoms. The predicted molar refractivity (Wildman–Crippen MR) is 50.2 cm³/mol. The van der Waals surface area contributed by atoms with Crippen molar-refractivity contribution in [3.63, 3.8) is 0 Å². The van der Waals surface area contributed by atoms with E-state index in [0.29, 0.717) is 0 Å². The van der Waals surface area contributed by atoms with E-state index >= 15 is 0 Å². The molecule has 0 spiro atoms. The smallest absolute Gasteiger partial charge is 0.160 e. The van der Waals surface area contributed by atoms with Gasteiger partial charge in [0.25, 0.3) is 0 Å². The van der Waals surface area contributed by atoms with E-state index < -0.39 is 10.6 Å². The Labute approximate surface area is 84.2 Å². The fourth-order valence-corrected chi connectivity index (χ4v) is 0.941. The first-order valence-corrected chi connectivity index (χ1v) is 5.58. The first kappa shape index (κ1) is 12.5. The van der Waals surface area contributed by atoms with Gasteiger partial charge in [-0.25, -0.2) is 0 Å². The average molecular weight is 273 g/mol. The van der Waals surface area contributed by atoms with Crippen LogP contribution in [-0.4, -0.2) is 8.42 Å². The van der Waals surface area contributed by atoms with E-state index in [4.69, 9.17) is 8.42 Å². The third kappa shape index (κ3) is 11.5. The minimum atomic E-state index is -5.67. The minimum Gasteiger partial charge on any atom is -0.160 e. The predicted octanol–water partition coefficient (Wildman–Crippen LogP) is 2.75. The van der Waals surface area contributed by atoms with Gasteiger partial charge in [-0.15, -0.1) is 0 Å². The molecule has 2 nitrogen and oxygen atoms in total. The summed E-state index contributed by atoms with van der Waals surface area (Å²) in [5.74, 6) is 0. The van der Waals surface area contributed by atoms with Crippen molar-refractivity contribution in [2.24, 2.45) is 0 Å². The minimum absolute atomic E-state index is 0.952. The summed E-state index contributed by atoms with van der Waals surface area (Å²) in [6.07, 6.45) is 0. The summed E-state index contributed by atoms with van der Waals surface area (Å²) in [4.78, 5) is 0. The molecule has 74 valence electrons. The molecule has 0 heterocycles. The molecule has 0 saturated heterocycles. The molecular weight excluding hydrogens is 266 g/mol. The van der Waals surface area contributed by atoms with Crippen LogP contribution in [0, 0.1) is 0 Å². The highest BCUT2D eigenvalue weighted by Gasteiger charge is 1.94. The van der Waals surface area contributed by atoms with Crippen LogP contribution in [0.15, 0.2) is 30.3 Å². The molecule has 0 aliphatic heterocycles. The molecule has 0 aliphatic rings. The van der Waals surface area contributed by atoms with E-state index in [1.165, 1.54) is 5.56 Å². The van der Waals surface area contributed by atoms with Crippen LogP contribution in [0.1, 0.15) is 5.56 Å². The summed E-state index contributed by atoms with van der Waals surface area (Å²) in [5, 5.41) is 0.952. The second kappa shape index (κ2) is 6.04. The summed E-state index contributed by atoms with van der Waals surface area (Å²) in [7, 11) is -5.67. The summed E-state index contributed by atoms with van der Waals surface area (Å²) in [5.41, 5.74) is 1.33. The van der Waals surface area contributed by atoms with Gasteiger partial charge in [0.2, 0.25) is 0 Å². The summed E-state index contributed by atoms with van der Waals surface area (Å²) < 4.78 is 36.6. The maximum Gasteiger partial charge on any atom is 0.476 e. The number of hydrogen-bond donors (Lipinski definition) is 0. The van der Waals surface area contributed by atoms with Crippen molar-refractivity contribution in [2.45, 2.75) is 5.33 Å². The lowest BCUT2D eigenvalue weighted by atomic mass is 10.2. The first-order valence-electron chi connectivity index (χ1n) is 3.17. The second-order valence-corrected chi connectivity index (χ2v) is 3.31. The van der Waals surface area contributed by atoms with Crippen LogP contribution in [0.5, 0.6) is 0 Å². The summed E-state index contributed by atoms with van der Waals surface area (Å²) in [6, 6.07) is 10.3. The molecule has 0 atom stereocenters. The van der Waals surface area contributed by atoms with E-state index in [9.17, 15) is 7.77 Å². The molecule has 0 N–H and O–H groups in total. The van der Waals surface area contributed by atoms with Gasteiger partial charge in [-0.05, 0) is 5.56 Å². The Morgan fingerprint density at radius 2 is 1.54 bits per heavy atom. The quantitative estimate of drug-likeness (QED) is 0.582. The van der Waals surface area contributed by atoms with Crippen LogP contribution in [-0.2, 0) is 15.9 Å². The standard InChI is InChI=1S/C7H7Br.F2O2S/c8-6-7-4-2-1-3-5-7;1-5(2,3)4/h1-5H,6H2;. The molecule has 0 fully saturated rings. The Morgan fingerprint density at radius 3 is 1.77 bits per heavy atom. The molecule has 1 aromatic carbocycles. The molecule has 0 aliphatic carbocycles. The SMILES string of the molecule is BrCc1ccccc1.O=S(=O)(F)F. The topological polar surface area (TPSA) is 34.1 Å². The van der Waals surface area contributed by atoms with Crippen LogP contribution in [0.4, 0.5) is 7.77 Å². The molecule has 0 aromatic heterocycles. The zero-order valence-corrected chi connectivity index (χ0v) is 8.85. The lowest BCUT2D eigenvalue weighted by Crippen LogP contribution is -1.70. The van der Waals surface area contributed by atoms with Gasteiger partial charge in [-0.3, -0.25) is 0 Å². The van der Waals surface area contributed by atoms with Crippen LogP contribution in [0.3, 0.4) is 0 Å². The Hall–Kier alpha value is -0.490. The number of hydrogen-bond acceptors (Lipinski definition) is 2. The Balaban J connectivity index is 0.000000252. The van der Waals surface area contributed by atoms with Crippen molar-refractivity contribution in [1.29, 1.82) is 0 Å². The number of benzene rings is 1. The molecule has 0 bridgehead atoms. The Bertz CT molecular complexity index is 318. The zero-order chi connectivity index (χ0) is 10.3. The van der Waals surface area contributed by atoms with Crippen molar-refractivity contribution < 1.29 is 16.2 Å². The fourth-order valence-electron chi connectivity index (χ4n) is 0.567. The molecule has 0 saturated carbocycles. The van der Waals surface area contributed by atoms with E-state index in [0.717, 1.165) is 5.33 Å². The monoisotopic (exact) mass is 272 g/mol. The Morgan fingerprint density at radius 1 is 1.15 bits per heavy atom. The van der Waals surface area contributed by atoms with Crippen molar-refractivity contribution in [3.05, 3.63) is 35.9 Å². The van der Waals surface area contributed by atoms with Gasteiger partial charge in [-0.2, -0.15) is 8.42 Å². The van der Waals surface area contributed by atoms with Crippen LogP contribution in [0.25, 0.3) is 0 Å². The first-order chi connectivity index (χ1) is 5.93. The molecule has 0 radical (unpaired) electrons. The normalized spacial score (nSPS) is 10.1. The number of alkyl halides is 1. The van der Waals surface area contributed by atoms with Crippen LogP contribution < -0.4 is 0 Å². The molecule has 1 rings (SSSR count). The van der Waals surface area contributed by atoms with Crippen molar-refractivity contribution >= 4 is 26.5 Å². The van der Waals surface area contributed by atoms with Crippen LogP contribution in [0.2, 0.25) is 0 Å². The van der Waals surface area contributed by atoms with Crippen LogP contribution >= 0.6 is 15.9 Å². The second-order valence-electron chi connectivity index (χ2n) is 2.00. The molecule has 0 amide bonds. The van der Waals surface area contributed by atoms with Gasteiger partial charge < -0.3 is 0 Å². The average Bonchev–Trinajstić information content (AvgIpc) is 2.03. The molecule has 0 unspecified atom stereocenters. The van der Waals surface area contributed by atoms with Crippen molar-refractivity contribution in [3.8, 4) is 0 Å². The zero-order valence-electron chi connectivity index (χ0n) is 6.45. The highest BCUT2D eigenvalue weighted by molar-refractivity contribution is 9.08. The van der Waals surface area contributed by atoms with Gasteiger partial charge in [-0.1, -0.05) is 54.0 Å². The number of halogens is 3. The largest absolute Gasteiger partial charge is 0.476 e. The molecule has 13 heavy (non-hydrogen) atoms. The van der Waals surface area contributed by atoms with Gasteiger partial charge in [0, 0.05) is 5.33 Å². The lowest BCUT2D eigenvalue weighted by Gasteiger charge is -1.88. The van der Waals surface area contributed by atoms with E-state index in [1.54, 1.807) is 0 Å². The maximum atomic E-state index is 9.99. The summed E-state index contributed by atoms with van der Waals surface area (Å²) >= 11 is 3.36.